The summed E-state index contributed by atoms with van der Waals surface area (Å²) >= 11 is 0. The highest BCUT2D eigenvalue weighted by Gasteiger charge is 2.39. The van der Waals surface area contributed by atoms with Crippen molar-refractivity contribution in [3.05, 3.63) is 53.2 Å². The Hall–Kier alpha value is -1.94. The lowest BCUT2D eigenvalue weighted by atomic mass is 9.94. The Balaban J connectivity index is 1.41. The maximum atomic E-state index is 5.56. The van der Waals surface area contributed by atoms with Crippen LogP contribution < -0.4 is 0 Å². The van der Waals surface area contributed by atoms with Gasteiger partial charge in [-0.3, -0.25) is 0 Å². The van der Waals surface area contributed by atoms with Crippen LogP contribution in [-0.2, 0) is 6.42 Å². The van der Waals surface area contributed by atoms with Crippen LogP contribution in [-0.4, -0.2) is 35.2 Å². The molecule has 1 aromatic carbocycles. The van der Waals surface area contributed by atoms with E-state index in [0.717, 1.165) is 18.1 Å². The second-order valence-corrected chi connectivity index (χ2v) is 6.90. The summed E-state index contributed by atoms with van der Waals surface area (Å²) in [6.07, 6.45) is 3.41. The third kappa shape index (κ3) is 2.95. The molecule has 1 saturated heterocycles. The Bertz CT molecular complexity index is 711. The fraction of sp³-hybridized carbons (Fsp3) is 0.474. The minimum Gasteiger partial charge on any atom is -0.338 e. The third-order valence-corrected chi connectivity index (χ3v) is 5.19. The molecule has 0 N–H and O–H groups in total. The molecule has 1 aliphatic carbocycles. The number of piperidine rings is 1. The number of rotatable bonds is 4. The lowest BCUT2D eigenvalue weighted by Gasteiger charge is -2.28. The first-order valence-corrected chi connectivity index (χ1v) is 8.49. The number of hydrogen-bond donors (Lipinski definition) is 0. The number of hydrogen-bond acceptors (Lipinski definition) is 4. The predicted molar refractivity (Wildman–Crippen MR) is 90.0 cm³/mol. The summed E-state index contributed by atoms with van der Waals surface area (Å²) in [6.45, 7) is 4.52. The van der Waals surface area contributed by atoms with Gasteiger partial charge < -0.3 is 9.42 Å². The highest BCUT2D eigenvalue weighted by molar-refractivity contribution is 5.89. The van der Waals surface area contributed by atoms with E-state index in [2.05, 4.69) is 53.3 Å². The fourth-order valence-corrected chi connectivity index (χ4v) is 3.64. The molecule has 0 amide bonds. The quantitative estimate of drug-likeness (QED) is 0.866. The smallest absolute Gasteiger partial charge is 0.238 e. The normalized spacial score (nSPS) is 22.6. The molecule has 1 atom stereocenters. The van der Waals surface area contributed by atoms with Crippen LogP contribution in [0.15, 0.2) is 40.4 Å². The first-order chi connectivity index (χ1) is 11.2. The largest absolute Gasteiger partial charge is 0.338 e. The van der Waals surface area contributed by atoms with E-state index >= 15 is 0 Å². The number of nitrogens with zero attached hydrogens (tertiary/aromatic N) is 3. The molecule has 4 rings (SSSR count). The van der Waals surface area contributed by atoms with Gasteiger partial charge in [-0.15, -0.1) is 0 Å². The van der Waals surface area contributed by atoms with E-state index in [0.29, 0.717) is 5.92 Å². The van der Waals surface area contributed by atoms with Crippen molar-refractivity contribution < 1.29 is 4.52 Å². The minimum absolute atomic E-state index is 0.233. The van der Waals surface area contributed by atoms with E-state index in [1.54, 1.807) is 0 Å². The SMILES string of the molecule is CC1=C(c2ccccc2)C1c1nc(CC2CCN(C)CC2)no1. The van der Waals surface area contributed by atoms with Gasteiger partial charge in [0.15, 0.2) is 5.82 Å². The van der Waals surface area contributed by atoms with Crippen molar-refractivity contribution >= 4 is 5.57 Å². The molecule has 2 heterocycles. The van der Waals surface area contributed by atoms with Crippen LogP contribution in [0.5, 0.6) is 0 Å². The first kappa shape index (κ1) is 14.6. The molecule has 4 heteroatoms. The van der Waals surface area contributed by atoms with Crippen LogP contribution in [0.25, 0.3) is 5.57 Å². The van der Waals surface area contributed by atoms with E-state index in [-0.39, 0.29) is 5.92 Å². The average Bonchev–Trinajstić information content (AvgIpc) is 3.02. The molecule has 23 heavy (non-hydrogen) atoms. The van der Waals surface area contributed by atoms with E-state index in [1.807, 2.05) is 6.07 Å². The predicted octanol–water partition coefficient (Wildman–Crippen LogP) is 3.52. The zero-order chi connectivity index (χ0) is 15.8. The van der Waals surface area contributed by atoms with Gasteiger partial charge in [0, 0.05) is 6.42 Å². The molecule has 0 saturated carbocycles. The van der Waals surface area contributed by atoms with Gasteiger partial charge in [-0.05, 0) is 57.0 Å². The third-order valence-electron chi connectivity index (χ3n) is 5.19. The van der Waals surface area contributed by atoms with Gasteiger partial charge in [0.25, 0.3) is 0 Å². The van der Waals surface area contributed by atoms with Crippen LogP contribution in [0.1, 0.15) is 43.0 Å². The van der Waals surface area contributed by atoms with E-state index in [1.165, 1.54) is 42.6 Å². The Morgan fingerprint density at radius 2 is 1.91 bits per heavy atom. The Morgan fingerprint density at radius 1 is 1.17 bits per heavy atom. The number of benzene rings is 1. The van der Waals surface area contributed by atoms with Gasteiger partial charge in [0.1, 0.15) is 0 Å². The summed E-state index contributed by atoms with van der Waals surface area (Å²) in [5.41, 5.74) is 3.97. The van der Waals surface area contributed by atoms with Crippen LogP contribution in [0.3, 0.4) is 0 Å². The van der Waals surface area contributed by atoms with Gasteiger partial charge in [-0.2, -0.15) is 4.98 Å². The Kier molecular flexibility index (Phi) is 3.77. The van der Waals surface area contributed by atoms with Gasteiger partial charge in [0.05, 0.1) is 5.92 Å². The lowest BCUT2D eigenvalue weighted by molar-refractivity contribution is 0.216. The number of likely N-dealkylation sites (tertiary alicyclic amines) is 1. The molecule has 1 aromatic heterocycles. The molecule has 1 fully saturated rings. The second kappa shape index (κ2) is 5.93. The van der Waals surface area contributed by atoms with Gasteiger partial charge in [-0.25, -0.2) is 0 Å². The molecule has 2 aliphatic rings. The van der Waals surface area contributed by atoms with E-state index < -0.39 is 0 Å². The Morgan fingerprint density at radius 3 is 2.65 bits per heavy atom. The zero-order valence-corrected chi connectivity index (χ0v) is 13.8. The molecule has 0 radical (unpaired) electrons. The van der Waals surface area contributed by atoms with Crippen LogP contribution in [0.2, 0.25) is 0 Å². The summed E-state index contributed by atoms with van der Waals surface area (Å²) in [6, 6.07) is 10.5. The molecule has 0 bridgehead atoms. The zero-order valence-electron chi connectivity index (χ0n) is 13.8. The van der Waals surface area contributed by atoms with Crippen molar-refractivity contribution in [2.24, 2.45) is 5.92 Å². The summed E-state index contributed by atoms with van der Waals surface area (Å²) in [5, 5.41) is 4.23. The van der Waals surface area contributed by atoms with Crippen molar-refractivity contribution in [2.75, 3.05) is 20.1 Å². The molecular weight excluding hydrogens is 286 g/mol. The van der Waals surface area contributed by atoms with Crippen LogP contribution in [0, 0.1) is 5.92 Å². The molecule has 2 aromatic rings. The molecule has 0 spiro atoms. The molecular formula is C19H23N3O. The summed E-state index contributed by atoms with van der Waals surface area (Å²) in [7, 11) is 2.19. The van der Waals surface area contributed by atoms with Crippen molar-refractivity contribution in [1.29, 1.82) is 0 Å². The first-order valence-electron chi connectivity index (χ1n) is 8.49. The monoisotopic (exact) mass is 309 g/mol. The van der Waals surface area contributed by atoms with E-state index in [4.69, 9.17) is 4.52 Å². The van der Waals surface area contributed by atoms with Crippen molar-refractivity contribution in [1.82, 2.24) is 15.0 Å². The maximum Gasteiger partial charge on any atom is 0.238 e. The van der Waals surface area contributed by atoms with Crippen LogP contribution >= 0.6 is 0 Å². The van der Waals surface area contributed by atoms with Crippen molar-refractivity contribution in [2.45, 2.75) is 32.1 Å². The summed E-state index contributed by atoms with van der Waals surface area (Å²) < 4.78 is 5.56. The second-order valence-electron chi connectivity index (χ2n) is 6.90. The van der Waals surface area contributed by atoms with E-state index in [9.17, 15) is 0 Å². The van der Waals surface area contributed by atoms with Crippen molar-refractivity contribution in [3.63, 3.8) is 0 Å². The fourth-order valence-electron chi connectivity index (χ4n) is 3.64. The number of allylic oxidation sites excluding steroid dienone is 2. The average molecular weight is 309 g/mol. The minimum atomic E-state index is 0.233. The number of aromatic nitrogens is 2. The topological polar surface area (TPSA) is 42.2 Å². The summed E-state index contributed by atoms with van der Waals surface area (Å²) in [5.74, 6) is 2.57. The molecule has 1 unspecified atom stereocenters. The lowest BCUT2D eigenvalue weighted by Crippen LogP contribution is -2.31. The van der Waals surface area contributed by atoms with Gasteiger partial charge >= 0.3 is 0 Å². The van der Waals surface area contributed by atoms with Crippen LogP contribution in [0.4, 0.5) is 0 Å². The van der Waals surface area contributed by atoms with Gasteiger partial charge in [0.2, 0.25) is 5.89 Å². The maximum absolute atomic E-state index is 5.56. The highest BCUT2D eigenvalue weighted by atomic mass is 16.5. The molecule has 120 valence electrons. The molecule has 1 aliphatic heterocycles. The molecule has 4 nitrogen and oxygen atoms in total. The summed E-state index contributed by atoms with van der Waals surface area (Å²) in [4.78, 5) is 7.07. The highest BCUT2D eigenvalue weighted by Crippen LogP contribution is 2.53. The Labute approximate surface area is 137 Å². The van der Waals surface area contributed by atoms with Gasteiger partial charge in [-0.1, -0.05) is 41.1 Å². The van der Waals surface area contributed by atoms with Crippen molar-refractivity contribution in [3.8, 4) is 0 Å². The standard InChI is InChI=1S/C19H23N3O/c1-13-17(15-6-4-3-5-7-15)18(13)19-20-16(21-23-19)12-14-8-10-22(2)11-9-14/h3-7,14,18H,8-12H2,1-2H3.